The molecule has 8 heteroatoms. The summed E-state index contributed by atoms with van der Waals surface area (Å²) in [6, 6.07) is 20.4. The Morgan fingerprint density at radius 3 is 1.97 bits per heavy atom. The van der Waals surface area contributed by atoms with E-state index in [1.807, 2.05) is 77.9 Å². The number of carbonyl (C=O) groups excluding carboxylic acids is 2. The van der Waals surface area contributed by atoms with Crippen LogP contribution in [0.4, 0.5) is 5.69 Å². The number of rotatable bonds is 9. The normalized spacial score (nSPS) is 12.5. The molecule has 39 heavy (non-hydrogen) atoms. The second-order valence-corrected chi connectivity index (χ2v) is 12.8. The van der Waals surface area contributed by atoms with E-state index in [4.69, 9.17) is 0 Å². The number of sulfonamides is 1. The first-order chi connectivity index (χ1) is 18.2. The SMILES string of the molecule is Cc1ccc(S(=O)(=O)N(CC(=O)N(Cc2ccccc2C)[C@@H](C)C(=O)NC(C)(C)C)c2ccccc2C)cc1. The Bertz CT molecular complexity index is 1430. The number of nitrogens with zero attached hydrogens (tertiary/aromatic N) is 2. The largest absolute Gasteiger partial charge is 0.350 e. The molecule has 208 valence electrons. The minimum Gasteiger partial charge on any atom is -0.350 e. The minimum absolute atomic E-state index is 0.0909. The van der Waals surface area contributed by atoms with Crippen molar-refractivity contribution in [3.05, 3.63) is 95.1 Å². The van der Waals surface area contributed by atoms with Gasteiger partial charge in [-0.25, -0.2) is 8.42 Å². The molecule has 0 saturated carbocycles. The zero-order valence-electron chi connectivity index (χ0n) is 23.9. The molecule has 0 heterocycles. The molecular formula is C31H39N3O4S. The molecule has 1 atom stereocenters. The summed E-state index contributed by atoms with van der Waals surface area (Å²) in [6.07, 6.45) is 0. The van der Waals surface area contributed by atoms with Crippen LogP contribution in [-0.2, 0) is 26.2 Å². The summed E-state index contributed by atoms with van der Waals surface area (Å²) >= 11 is 0. The van der Waals surface area contributed by atoms with Gasteiger partial charge in [0, 0.05) is 12.1 Å². The van der Waals surface area contributed by atoms with Crippen molar-refractivity contribution >= 4 is 27.5 Å². The predicted octanol–water partition coefficient (Wildman–Crippen LogP) is 5.14. The summed E-state index contributed by atoms with van der Waals surface area (Å²) in [5, 5.41) is 2.95. The van der Waals surface area contributed by atoms with Gasteiger partial charge in [-0.3, -0.25) is 13.9 Å². The molecule has 2 amide bonds. The summed E-state index contributed by atoms with van der Waals surface area (Å²) in [4.78, 5) is 28.8. The quantitative estimate of drug-likeness (QED) is 0.401. The van der Waals surface area contributed by atoms with Crippen LogP contribution in [0.5, 0.6) is 0 Å². The highest BCUT2D eigenvalue weighted by Gasteiger charge is 2.34. The summed E-state index contributed by atoms with van der Waals surface area (Å²) in [6.45, 7) is 12.6. The fourth-order valence-electron chi connectivity index (χ4n) is 4.22. The van der Waals surface area contributed by atoms with E-state index in [2.05, 4.69) is 5.32 Å². The Kier molecular flexibility index (Phi) is 9.22. The van der Waals surface area contributed by atoms with Crippen molar-refractivity contribution in [1.82, 2.24) is 10.2 Å². The summed E-state index contributed by atoms with van der Waals surface area (Å²) in [7, 11) is -4.09. The summed E-state index contributed by atoms with van der Waals surface area (Å²) < 4.78 is 29.0. The fourth-order valence-corrected chi connectivity index (χ4v) is 5.70. The lowest BCUT2D eigenvalue weighted by atomic mass is 10.1. The highest BCUT2D eigenvalue weighted by molar-refractivity contribution is 7.92. The first kappa shape index (κ1) is 29.9. The number of amides is 2. The predicted molar refractivity (Wildman–Crippen MR) is 156 cm³/mol. The van der Waals surface area contributed by atoms with E-state index >= 15 is 0 Å². The molecule has 7 nitrogen and oxygen atoms in total. The van der Waals surface area contributed by atoms with Crippen LogP contribution in [-0.4, -0.2) is 43.3 Å². The number of para-hydroxylation sites is 1. The molecule has 3 rings (SSSR count). The Balaban J connectivity index is 2.06. The van der Waals surface area contributed by atoms with Gasteiger partial charge in [-0.1, -0.05) is 60.2 Å². The number of nitrogens with one attached hydrogen (secondary N) is 1. The average molecular weight is 550 g/mol. The molecule has 1 N–H and O–H groups in total. The zero-order valence-corrected chi connectivity index (χ0v) is 24.7. The van der Waals surface area contributed by atoms with Gasteiger partial charge in [-0.05, 0) is 83.4 Å². The number of carbonyl (C=O) groups is 2. The Morgan fingerprint density at radius 1 is 0.846 bits per heavy atom. The van der Waals surface area contributed by atoms with Crippen LogP contribution in [0.25, 0.3) is 0 Å². The molecule has 3 aromatic rings. The number of anilines is 1. The molecule has 0 spiro atoms. The molecule has 0 aliphatic rings. The van der Waals surface area contributed by atoms with E-state index in [9.17, 15) is 18.0 Å². The van der Waals surface area contributed by atoms with Crippen LogP contribution < -0.4 is 9.62 Å². The summed E-state index contributed by atoms with van der Waals surface area (Å²) in [5.41, 5.74) is 3.41. The number of benzene rings is 3. The molecule has 0 aliphatic heterocycles. The minimum atomic E-state index is -4.09. The van der Waals surface area contributed by atoms with Crippen molar-refractivity contribution in [2.24, 2.45) is 0 Å². The summed E-state index contributed by atoms with van der Waals surface area (Å²) in [5.74, 6) is -0.790. The molecule has 0 saturated heterocycles. The average Bonchev–Trinajstić information content (AvgIpc) is 2.86. The van der Waals surface area contributed by atoms with Gasteiger partial charge in [0.2, 0.25) is 11.8 Å². The van der Waals surface area contributed by atoms with Gasteiger partial charge in [0.15, 0.2) is 0 Å². The molecule has 0 bridgehead atoms. The van der Waals surface area contributed by atoms with Crippen LogP contribution in [0.2, 0.25) is 0 Å². The van der Waals surface area contributed by atoms with Crippen molar-refractivity contribution in [3.63, 3.8) is 0 Å². The highest BCUT2D eigenvalue weighted by Crippen LogP contribution is 2.27. The van der Waals surface area contributed by atoms with E-state index in [-0.39, 0.29) is 17.3 Å². The topological polar surface area (TPSA) is 86.8 Å². The van der Waals surface area contributed by atoms with Crippen LogP contribution >= 0.6 is 0 Å². The Labute approximate surface area is 232 Å². The molecule has 0 aromatic heterocycles. The third kappa shape index (κ3) is 7.47. The number of aryl methyl sites for hydroxylation is 3. The van der Waals surface area contributed by atoms with E-state index in [0.717, 1.165) is 21.0 Å². The second kappa shape index (κ2) is 12.0. The lowest BCUT2D eigenvalue weighted by Gasteiger charge is -2.34. The number of hydrogen-bond acceptors (Lipinski definition) is 4. The highest BCUT2D eigenvalue weighted by atomic mass is 32.2. The van der Waals surface area contributed by atoms with E-state index in [1.165, 1.54) is 4.90 Å². The van der Waals surface area contributed by atoms with Gasteiger partial charge in [0.1, 0.15) is 12.6 Å². The molecule has 0 radical (unpaired) electrons. The lowest BCUT2D eigenvalue weighted by Crippen LogP contribution is -2.54. The van der Waals surface area contributed by atoms with Crippen LogP contribution in [0.1, 0.15) is 49.9 Å². The Morgan fingerprint density at radius 2 is 1.41 bits per heavy atom. The van der Waals surface area contributed by atoms with Crippen molar-refractivity contribution < 1.29 is 18.0 Å². The van der Waals surface area contributed by atoms with Crippen molar-refractivity contribution in [1.29, 1.82) is 0 Å². The van der Waals surface area contributed by atoms with Crippen LogP contribution in [0, 0.1) is 20.8 Å². The third-order valence-corrected chi connectivity index (χ3v) is 8.31. The maximum Gasteiger partial charge on any atom is 0.264 e. The van der Waals surface area contributed by atoms with Gasteiger partial charge >= 0.3 is 0 Å². The van der Waals surface area contributed by atoms with Gasteiger partial charge in [-0.2, -0.15) is 0 Å². The van der Waals surface area contributed by atoms with Gasteiger partial charge in [0.25, 0.3) is 10.0 Å². The van der Waals surface area contributed by atoms with Crippen molar-refractivity contribution in [2.75, 3.05) is 10.8 Å². The van der Waals surface area contributed by atoms with Crippen molar-refractivity contribution in [3.8, 4) is 0 Å². The van der Waals surface area contributed by atoms with Gasteiger partial charge in [0.05, 0.1) is 10.6 Å². The first-order valence-corrected chi connectivity index (χ1v) is 14.5. The third-order valence-electron chi connectivity index (χ3n) is 6.54. The number of hydrogen-bond donors (Lipinski definition) is 1. The maximum atomic E-state index is 14.0. The van der Waals surface area contributed by atoms with Crippen molar-refractivity contribution in [2.45, 2.75) is 71.5 Å². The molecule has 0 unspecified atom stereocenters. The molecular weight excluding hydrogens is 510 g/mol. The van der Waals surface area contributed by atoms with Gasteiger partial charge in [-0.15, -0.1) is 0 Å². The monoisotopic (exact) mass is 549 g/mol. The standard InChI is InChI=1S/C31H39N3O4S/c1-22-16-18-27(19-17-22)39(37,38)34(28-15-11-9-13-24(28)3)21-29(35)33(20-26-14-10-8-12-23(26)2)25(4)30(36)32-31(5,6)7/h8-19,25H,20-21H2,1-7H3,(H,32,36)/t25-/m0/s1. The van der Waals surface area contributed by atoms with E-state index < -0.39 is 34.1 Å². The Hall–Kier alpha value is -3.65. The zero-order chi connectivity index (χ0) is 29.0. The lowest BCUT2D eigenvalue weighted by molar-refractivity contribution is -0.140. The maximum absolute atomic E-state index is 14.0. The molecule has 0 aliphatic carbocycles. The first-order valence-electron chi connectivity index (χ1n) is 13.0. The van der Waals surface area contributed by atoms with E-state index in [1.54, 1.807) is 43.3 Å². The smallest absolute Gasteiger partial charge is 0.264 e. The molecule has 0 fully saturated rings. The second-order valence-electron chi connectivity index (χ2n) is 11.0. The van der Waals surface area contributed by atoms with Gasteiger partial charge < -0.3 is 10.2 Å². The van der Waals surface area contributed by atoms with Crippen LogP contribution in [0.15, 0.2) is 77.7 Å². The fraction of sp³-hybridized carbons (Fsp3) is 0.355. The van der Waals surface area contributed by atoms with E-state index in [0.29, 0.717) is 11.3 Å². The van der Waals surface area contributed by atoms with Crippen LogP contribution in [0.3, 0.4) is 0 Å². The molecule has 3 aromatic carbocycles.